The van der Waals surface area contributed by atoms with Gasteiger partial charge in [0, 0.05) is 18.3 Å². The summed E-state index contributed by atoms with van der Waals surface area (Å²) in [5.41, 5.74) is 0.939. The predicted molar refractivity (Wildman–Crippen MR) is 86.8 cm³/mol. The highest BCUT2D eigenvalue weighted by atomic mass is 16.5. The molecule has 1 N–H and O–H groups in total. The molecule has 0 spiro atoms. The number of hydrogen-bond donors (Lipinski definition) is 1. The summed E-state index contributed by atoms with van der Waals surface area (Å²) in [4.78, 5) is 8.86. The average Bonchev–Trinajstić information content (AvgIpc) is 2.39. The summed E-state index contributed by atoms with van der Waals surface area (Å²) in [6.07, 6.45) is 6.87. The van der Waals surface area contributed by atoms with Crippen molar-refractivity contribution in [3.8, 4) is 5.88 Å². The highest BCUT2D eigenvalue weighted by Crippen LogP contribution is 2.30. The molecular weight excluding hydrogens is 262 g/mol. The fourth-order valence-electron chi connectivity index (χ4n) is 2.93. The monoisotopic (exact) mass is 291 g/mol. The molecule has 1 aliphatic rings. The summed E-state index contributed by atoms with van der Waals surface area (Å²) in [7, 11) is 0. The molecule has 0 atom stereocenters. The summed E-state index contributed by atoms with van der Waals surface area (Å²) in [5, 5.41) is 3.36. The van der Waals surface area contributed by atoms with Crippen molar-refractivity contribution in [2.45, 2.75) is 65.9 Å². The number of nitrogens with zero attached hydrogens (tertiary/aromatic N) is 2. The van der Waals surface area contributed by atoms with E-state index >= 15 is 0 Å². The van der Waals surface area contributed by atoms with Crippen molar-refractivity contribution in [3.63, 3.8) is 0 Å². The SMILES string of the molecule is Cc1cc(OC(C)C)nc(NCCC2CCC(C)CC2)n1. The Balaban J connectivity index is 1.81. The van der Waals surface area contributed by atoms with E-state index in [2.05, 4.69) is 22.2 Å². The number of aryl methyl sites for hydroxylation is 1. The van der Waals surface area contributed by atoms with E-state index in [0.717, 1.165) is 24.1 Å². The van der Waals surface area contributed by atoms with E-state index in [1.807, 2.05) is 26.8 Å². The first kappa shape index (κ1) is 16.1. The van der Waals surface area contributed by atoms with E-state index in [1.54, 1.807) is 0 Å². The van der Waals surface area contributed by atoms with Crippen molar-refractivity contribution in [2.24, 2.45) is 11.8 Å². The minimum Gasteiger partial charge on any atom is -0.475 e. The van der Waals surface area contributed by atoms with Gasteiger partial charge in [-0.3, -0.25) is 0 Å². The van der Waals surface area contributed by atoms with Crippen molar-refractivity contribution in [3.05, 3.63) is 11.8 Å². The lowest BCUT2D eigenvalue weighted by atomic mass is 9.81. The first-order valence-electron chi connectivity index (χ1n) is 8.29. The summed E-state index contributed by atoms with van der Waals surface area (Å²) in [6.45, 7) is 9.31. The van der Waals surface area contributed by atoms with Crippen LogP contribution < -0.4 is 10.1 Å². The second-order valence-corrected chi connectivity index (χ2v) is 6.68. The number of anilines is 1. The van der Waals surface area contributed by atoms with Gasteiger partial charge in [0.1, 0.15) is 0 Å². The molecule has 0 bridgehead atoms. The zero-order valence-electron chi connectivity index (χ0n) is 13.9. The van der Waals surface area contributed by atoms with Crippen LogP contribution in [0, 0.1) is 18.8 Å². The van der Waals surface area contributed by atoms with Crippen LogP contribution in [-0.4, -0.2) is 22.6 Å². The molecule has 1 aromatic rings. The lowest BCUT2D eigenvalue weighted by Crippen LogP contribution is -2.17. The van der Waals surface area contributed by atoms with Gasteiger partial charge in [-0.25, -0.2) is 4.98 Å². The van der Waals surface area contributed by atoms with Gasteiger partial charge in [0.25, 0.3) is 0 Å². The zero-order valence-corrected chi connectivity index (χ0v) is 13.9. The van der Waals surface area contributed by atoms with Crippen molar-refractivity contribution >= 4 is 5.95 Å². The highest BCUT2D eigenvalue weighted by Gasteiger charge is 2.17. The number of hydrogen-bond acceptors (Lipinski definition) is 4. The second kappa shape index (κ2) is 7.62. The topological polar surface area (TPSA) is 47.0 Å². The molecule has 0 unspecified atom stereocenters. The molecule has 4 heteroatoms. The Kier molecular flexibility index (Phi) is 5.83. The fourth-order valence-corrected chi connectivity index (χ4v) is 2.93. The van der Waals surface area contributed by atoms with Crippen LogP contribution in [0.2, 0.25) is 0 Å². The van der Waals surface area contributed by atoms with Crippen LogP contribution in [0.5, 0.6) is 5.88 Å². The van der Waals surface area contributed by atoms with Gasteiger partial charge in [0.15, 0.2) is 0 Å². The van der Waals surface area contributed by atoms with Gasteiger partial charge in [-0.05, 0) is 39.0 Å². The summed E-state index contributed by atoms with van der Waals surface area (Å²) in [6, 6.07) is 1.88. The molecular formula is C17H29N3O. The third-order valence-electron chi connectivity index (χ3n) is 4.16. The Morgan fingerprint density at radius 1 is 1.24 bits per heavy atom. The van der Waals surface area contributed by atoms with Gasteiger partial charge in [-0.15, -0.1) is 0 Å². The maximum atomic E-state index is 5.65. The van der Waals surface area contributed by atoms with Crippen LogP contribution >= 0.6 is 0 Å². The van der Waals surface area contributed by atoms with Crippen LogP contribution in [0.15, 0.2) is 6.07 Å². The number of rotatable bonds is 6. The molecule has 1 fully saturated rings. The van der Waals surface area contributed by atoms with E-state index in [9.17, 15) is 0 Å². The first-order valence-corrected chi connectivity index (χ1v) is 8.29. The summed E-state index contributed by atoms with van der Waals surface area (Å²) >= 11 is 0. The third kappa shape index (κ3) is 5.52. The molecule has 1 heterocycles. The predicted octanol–water partition coefficient (Wildman–Crippen LogP) is 4.20. The fraction of sp³-hybridized carbons (Fsp3) is 0.765. The Morgan fingerprint density at radius 3 is 2.62 bits per heavy atom. The van der Waals surface area contributed by atoms with Gasteiger partial charge in [-0.2, -0.15) is 4.98 Å². The van der Waals surface area contributed by atoms with Crippen LogP contribution in [0.1, 0.15) is 58.6 Å². The van der Waals surface area contributed by atoms with E-state index in [0.29, 0.717) is 11.8 Å². The van der Waals surface area contributed by atoms with Gasteiger partial charge < -0.3 is 10.1 Å². The molecule has 21 heavy (non-hydrogen) atoms. The molecule has 2 rings (SSSR count). The molecule has 0 amide bonds. The van der Waals surface area contributed by atoms with E-state index in [4.69, 9.17) is 4.74 Å². The van der Waals surface area contributed by atoms with Crippen LogP contribution in [0.25, 0.3) is 0 Å². The molecule has 0 saturated heterocycles. The van der Waals surface area contributed by atoms with Gasteiger partial charge in [-0.1, -0.05) is 32.6 Å². The first-order chi connectivity index (χ1) is 10.0. The van der Waals surface area contributed by atoms with E-state index < -0.39 is 0 Å². The lowest BCUT2D eigenvalue weighted by Gasteiger charge is -2.26. The Bertz CT molecular complexity index is 440. The van der Waals surface area contributed by atoms with Gasteiger partial charge in [0.05, 0.1) is 6.10 Å². The Hall–Kier alpha value is -1.32. The van der Waals surface area contributed by atoms with Gasteiger partial charge in [0.2, 0.25) is 11.8 Å². The summed E-state index contributed by atoms with van der Waals surface area (Å²) < 4.78 is 5.65. The van der Waals surface area contributed by atoms with Crippen LogP contribution in [0.4, 0.5) is 5.95 Å². The van der Waals surface area contributed by atoms with Crippen LogP contribution in [0.3, 0.4) is 0 Å². The second-order valence-electron chi connectivity index (χ2n) is 6.68. The Morgan fingerprint density at radius 2 is 1.95 bits per heavy atom. The number of ether oxygens (including phenoxy) is 1. The smallest absolute Gasteiger partial charge is 0.226 e. The molecule has 0 aliphatic heterocycles. The molecule has 4 nitrogen and oxygen atoms in total. The normalized spacial score (nSPS) is 22.3. The number of nitrogens with one attached hydrogen (secondary N) is 1. The molecule has 1 aliphatic carbocycles. The third-order valence-corrected chi connectivity index (χ3v) is 4.16. The number of aromatic nitrogens is 2. The Labute approximate surface area is 128 Å². The van der Waals surface area contributed by atoms with Crippen molar-refractivity contribution in [2.75, 3.05) is 11.9 Å². The molecule has 118 valence electrons. The standard InChI is InChI=1S/C17H29N3O/c1-12(2)21-16-11-14(4)19-17(20-16)18-10-9-15-7-5-13(3)6-8-15/h11-13,15H,5-10H2,1-4H3,(H,18,19,20). The molecule has 0 radical (unpaired) electrons. The molecule has 1 saturated carbocycles. The minimum atomic E-state index is 0.136. The zero-order chi connectivity index (χ0) is 15.2. The van der Waals surface area contributed by atoms with E-state index in [1.165, 1.54) is 32.1 Å². The lowest BCUT2D eigenvalue weighted by molar-refractivity contribution is 0.232. The minimum absolute atomic E-state index is 0.136. The van der Waals surface area contributed by atoms with Crippen LogP contribution in [-0.2, 0) is 0 Å². The maximum Gasteiger partial charge on any atom is 0.226 e. The van der Waals surface area contributed by atoms with Crippen molar-refractivity contribution in [1.82, 2.24) is 9.97 Å². The van der Waals surface area contributed by atoms with Gasteiger partial charge >= 0.3 is 0 Å². The largest absolute Gasteiger partial charge is 0.475 e. The maximum absolute atomic E-state index is 5.65. The summed E-state index contributed by atoms with van der Waals surface area (Å²) in [5.74, 6) is 3.14. The quantitative estimate of drug-likeness (QED) is 0.853. The molecule has 0 aromatic carbocycles. The van der Waals surface area contributed by atoms with Crippen molar-refractivity contribution < 1.29 is 4.74 Å². The van der Waals surface area contributed by atoms with E-state index in [-0.39, 0.29) is 6.10 Å². The highest BCUT2D eigenvalue weighted by molar-refractivity contribution is 5.30. The molecule has 1 aromatic heterocycles. The van der Waals surface area contributed by atoms with Crippen molar-refractivity contribution in [1.29, 1.82) is 0 Å². The average molecular weight is 291 g/mol.